The molecule has 2 aromatic rings. The minimum atomic E-state index is -1.59. The van der Waals surface area contributed by atoms with Crippen LogP contribution in [-0.2, 0) is 16.6 Å². The molecule has 0 radical (unpaired) electrons. The van der Waals surface area contributed by atoms with Crippen molar-refractivity contribution in [2.75, 3.05) is 18.5 Å². The summed E-state index contributed by atoms with van der Waals surface area (Å²) in [4.78, 5) is 22.2. The number of aliphatic hydroxyl groups is 1. The number of nitrogens with one attached hydrogen (secondary N) is 1. The predicted octanol–water partition coefficient (Wildman–Crippen LogP) is 2.58. The number of aliphatic carboxylic acids is 1. The predicted molar refractivity (Wildman–Crippen MR) is 93.8 cm³/mol. The molecular formula is C18H20N2O5. The number of anilines is 1. The minimum absolute atomic E-state index is 0.183. The summed E-state index contributed by atoms with van der Waals surface area (Å²) in [5.41, 5.74) is -0.203. The number of nitrogens with zero attached hydrogens (tertiary/aromatic N) is 1. The molecule has 0 aliphatic carbocycles. The number of nitro groups is 1. The third-order valence-electron chi connectivity index (χ3n) is 4.19. The van der Waals surface area contributed by atoms with Crippen LogP contribution >= 0.6 is 0 Å². The van der Waals surface area contributed by atoms with Gasteiger partial charge in [0.1, 0.15) is 11.1 Å². The molecule has 0 aliphatic heterocycles. The van der Waals surface area contributed by atoms with Crippen molar-refractivity contribution in [2.45, 2.75) is 18.8 Å². The number of carboxylic acids is 1. The van der Waals surface area contributed by atoms with Gasteiger partial charge in [0, 0.05) is 12.6 Å². The molecule has 7 nitrogen and oxygen atoms in total. The molecule has 0 bridgehead atoms. The Bertz CT molecular complexity index is 763. The molecule has 0 amide bonds. The van der Waals surface area contributed by atoms with Crippen molar-refractivity contribution in [3.63, 3.8) is 0 Å². The maximum absolute atomic E-state index is 11.4. The van der Waals surface area contributed by atoms with E-state index in [0.29, 0.717) is 18.7 Å². The van der Waals surface area contributed by atoms with Gasteiger partial charge in [0.05, 0.1) is 11.5 Å². The third kappa shape index (κ3) is 4.13. The zero-order chi connectivity index (χ0) is 18.4. The quantitative estimate of drug-likeness (QED) is 0.501. The Morgan fingerprint density at radius 1 is 1.24 bits per heavy atom. The lowest BCUT2D eigenvalue weighted by Gasteiger charge is -2.22. The molecule has 0 saturated heterocycles. The largest absolute Gasteiger partial charge is 0.481 e. The average molecular weight is 344 g/mol. The van der Waals surface area contributed by atoms with Gasteiger partial charge in [-0.3, -0.25) is 14.9 Å². The van der Waals surface area contributed by atoms with Crippen molar-refractivity contribution in [2.24, 2.45) is 0 Å². The summed E-state index contributed by atoms with van der Waals surface area (Å²) in [6, 6.07) is 13.9. The Hall–Kier alpha value is -2.93. The second-order valence-corrected chi connectivity index (χ2v) is 5.95. The second-order valence-electron chi connectivity index (χ2n) is 5.95. The van der Waals surface area contributed by atoms with Crippen LogP contribution in [0.25, 0.3) is 0 Å². The molecule has 3 N–H and O–H groups in total. The highest BCUT2D eigenvalue weighted by atomic mass is 16.6. The maximum Gasteiger partial charge on any atom is 0.316 e. The molecule has 0 fully saturated rings. The van der Waals surface area contributed by atoms with E-state index in [0.717, 1.165) is 5.56 Å². The van der Waals surface area contributed by atoms with Gasteiger partial charge in [0.15, 0.2) is 0 Å². The van der Waals surface area contributed by atoms with Gasteiger partial charge in [-0.25, -0.2) is 0 Å². The smallest absolute Gasteiger partial charge is 0.316 e. The van der Waals surface area contributed by atoms with E-state index >= 15 is 0 Å². The molecule has 2 aromatic carbocycles. The highest BCUT2D eigenvalue weighted by Gasteiger charge is 2.36. The van der Waals surface area contributed by atoms with Crippen LogP contribution in [0.2, 0.25) is 0 Å². The molecule has 0 aliphatic rings. The summed E-state index contributed by atoms with van der Waals surface area (Å²) >= 11 is 0. The van der Waals surface area contributed by atoms with Crippen LogP contribution in [-0.4, -0.2) is 34.3 Å². The summed E-state index contributed by atoms with van der Waals surface area (Å²) in [6.07, 6.45) is 0.698. The number of rotatable bonds is 8. The molecule has 132 valence electrons. The molecule has 0 heterocycles. The first-order valence-electron chi connectivity index (χ1n) is 7.79. The monoisotopic (exact) mass is 344 g/mol. The maximum atomic E-state index is 11.4. The zero-order valence-electron chi connectivity index (χ0n) is 13.8. The van der Waals surface area contributed by atoms with Crippen molar-refractivity contribution >= 4 is 17.3 Å². The van der Waals surface area contributed by atoms with Crippen molar-refractivity contribution < 1.29 is 19.9 Å². The van der Waals surface area contributed by atoms with Gasteiger partial charge in [0.2, 0.25) is 0 Å². The minimum Gasteiger partial charge on any atom is -0.481 e. The summed E-state index contributed by atoms with van der Waals surface area (Å²) in [5.74, 6) is -1.24. The van der Waals surface area contributed by atoms with Crippen LogP contribution < -0.4 is 5.32 Å². The lowest BCUT2D eigenvalue weighted by Crippen LogP contribution is -2.36. The number of hydrogen-bond donors (Lipinski definition) is 3. The van der Waals surface area contributed by atoms with Crippen LogP contribution in [0, 0.1) is 10.1 Å². The van der Waals surface area contributed by atoms with Gasteiger partial charge in [-0.05, 0) is 30.5 Å². The van der Waals surface area contributed by atoms with E-state index < -0.39 is 22.9 Å². The fraction of sp³-hybridized carbons (Fsp3) is 0.278. The lowest BCUT2D eigenvalue weighted by atomic mass is 9.83. The molecule has 0 saturated carbocycles. The number of benzene rings is 2. The van der Waals surface area contributed by atoms with Crippen molar-refractivity contribution in [3.05, 3.63) is 69.8 Å². The molecule has 25 heavy (non-hydrogen) atoms. The van der Waals surface area contributed by atoms with Gasteiger partial charge in [0.25, 0.3) is 5.69 Å². The summed E-state index contributed by atoms with van der Waals surface area (Å²) in [7, 11) is 0. The first-order chi connectivity index (χ1) is 11.9. The molecule has 0 spiro atoms. The number of aliphatic hydroxyl groups excluding tert-OH is 1. The van der Waals surface area contributed by atoms with Gasteiger partial charge < -0.3 is 15.5 Å². The normalized spacial score (nSPS) is 13.0. The van der Waals surface area contributed by atoms with Crippen molar-refractivity contribution in [1.82, 2.24) is 0 Å². The van der Waals surface area contributed by atoms with E-state index in [1.54, 1.807) is 0 Å². The topological polar surface area (TPSA) is 113 Å². The zero-order valence-corrected chi connectivity index (χ0v) is 13.8. The van der Waals surface area contributed by atoms with Gasteiger partial charge >= 0.3 is 5.97 Å². The van der Waals surface area contributed by atoms with Crippen LogP contribution in [0.3, 0.4) is 0 Å². The molecular weight excluding hydrogens is 324 g/mol. The molecule has 1 unspecified atom stereocenters. The highest BCUT2D eigenvalue weighted by Crippen LogP contribution is 2.32. The Kier molecular flexibility index (Phi) is 5.71. The first kappa shape index (κ1) is 18.4. The van der Waals surface area contributed by atoms with E-state index in [1.807, 2.05) is 30.3 Å². The fourth-order valence-corrected chi connectivity index (χ4v) is 2.44. The van der Waals surface area contributed by atoms with Gasteiger partial charge in [-0.1, -0.05) is 36.4 Å². The lowest BCUT2D eigenvalue weighted by molar-refractivity contribution is -0.384. The standard InChI is InChI=1S/C18H20N2O5/c1-18(12-21,17(22)23)14-7-8-15(16(11-14)20(24)25)19-10-9-13-5-3-2-4-6-13/h2-8,11,19,21H,9-10,12H2,1H3,(H,22,23). The average Bonchev–Trinajstić information content (AvgIpc) is 2.61. The van der Waals surface area contributed by atoms with Crippen LogP contribution in [0.1, 0.15) is 18.1 Å². The van der Waals surface area contributed by atoms with E-state index in [1.165, 1.54) is 25.1 Å². The Labute approximate surface area is 145 Å². The Balaban J connectivity index is 2.21. The number of carbonyl (C=O) groups is 1. The van der Waals surface area contributed by atoms with Gasteiger partial charge in [-0.2, -0.15) is 0 Å². The van der Waals surface area contributed by atoms with Crippen LogP contribution in [0.4, 0.5) is 11.4 Å². The Morgan fingerprint density at radius 2 is 1.92 bits per heavy atom. The number of hydrogen-bond acceptors (Lipinski definition) is 5. The van der Waals surface area contributed by atoms with Crippen molar-refractivity contribution in [3.8, 4) is 0 Å². The molecule has 0 aromatic heterocycles. The fourth-order valence-electron chi connectivity index (χ4n) is 2.44. The Morgan fingerprint density at radius 3 is 2.48 bits per heavy atom. The number of carboxylic acid groups (broad SMARTS) is 1. The van der Waals surface area contributed by atoms with E-state index in [-0.39, 0.29) is 11.3 Å². The molecule has 1 atom stereocenters. The SMILES string of the molecule is CC(CO)(C(=O)O)c1ccc(NCCc2ccccc2)c([N+](=O)[O-])c1. The van der Waals surface area contributed by atoms with E-state index in [4.69, 9.17) is 0 Å². The summed E-state index contributed by atoms with van der Waals surface area (Å²) in [6.45, 7) is 1.18. The highest BCUT2D eigenvalue weighted by molar-refractivity contribution is 5.82. The number of nitro benzene ring substituents is 1. The van der Waals surface area contributed by atoms with Crippen LogP contribution in [0.15, 0.2) is 48.5 Å². The van der Waals surface area contributed by atoms with Gasteiger partial charge in [-0.15, -0.1) is 0 Å². The van der Waals surface area contributed by atoms with Crippen molar-refractivity contribution in [1.29, 1.82) is 0 Å². The third-order valence-corrected chi connectivity index (χ3v) is 4.19. The summed E-state index contributed by atoms with van der Waals surface area (Å²) < 4.78 is 0. The first-order valence-corrected chi connectivity index (χ1v) is 7.79. The molecule has 2 rings (SSSR count). The van der Waals surface area contributed by atoms with E-state index in [9.17, 15) is 25.1 Å². The second kappa shape index (κ2) is 7.76. The van der Waals surface area contributed by atoms with E-state index in [2.05, 4.69) is 5.32 Å². The molecule has 7 heteroatoms. The van der Waals surface area contributed by atoms with Crippen LogP contribution in [0.5, 0.6) is 0 Å². The summed E-state index contributed by atoms with van der Waals surface area (Å²) in [5, 5.41) is 33.1.